The Morgan fingerprint density at radius 2 is 1.74 bits per heavy atom. The van der Waals surface area contributed by atoms with Gasteiger partial charge >= 0.3 is 24.8 Å². The molecule has 2 aromatic heterocycles. The Balaban J connectivity index is 0.000000359. The Labute approximate surface area is 236 Å². The number of rotatable bonds is 7. The van der Waals surface area contributed by atoms with E-state index in [9.17, 15) is 9.59 Å². The maximum atomic E-state index is 11.7. The standard InChI is InChI=1S/C21H20N5O3.C7H6O2.Li/c1-25-20(27)10-8-16(24-25)15-11-14(7-9-19(15)29-13-28-2)12-26-18-6-4-3-5-17(18)23-21(26)22;8-7(9)6-4-2-1-3-5-6;/h3-11H,1,12-13H2,2H3,(H2,22,23);1-5H,(H,8,9);/q-1;;+1. The summed E-state index contributed by atoms with van der Waals surface area (Å²) in [6.45, 7) is 0.614. The van der Waals surface area contributed by atoms with E-state index in [-0.39, 0.29) is 31.2 Å². The molecule has 0 fully saturated rings. The Hall–Kier alpha value is -4.49. The van der Waals surface area contributed by atoms with Crippen LogP contribution in [0.3, 0.4) is 0 Å². The van der Waals surface area contributed by atoms with E-state index in [1.807, 2.05) is 47.0 Å². The molecule has 0 aliphatic rings. The third kappa shape index (κ3) is 7.09. The number of methoxy groups -OCH3 is 1. The molecule has 0 spiro atoms. The van der Waals surface area contributed by atoms with Crippen LogP contribution in [-0.2, 0) is 11.3 Å². The smallest absolute Gasteiger partial charge is 0.478 e. The van der Waals surface area contributed by atoms with Crippen LogP contribution in [0.4, 0.5) is 5.95 Å². The number of carboxylic acid groups (broad SMARTS) is 1. The summed E-state index contributed by atoms with van der Waals surface area (Å²) in [6, 6.07) is 24.9. The van der Waals surface area contributed by atoms with E-state index in [2.05, 4.69) is 17.1 Å². The van der Waals surface area contributed by atoms with Gasteiger partial charge in [0.15, 0.2) is 6.79 Å². The Morgan fingerprint density at radius 1 is 1.03 bits per heavy atom. The molecule has 5 aromatic rings. The number of para-hydroxylation sites is 2. The van der Waals surface area contributed by atoms with Crippen molar-refractivity contribution >= 4 is 23.0 Å². The molecular weight excluding hydrogens is 493 g/mol. The van der Waals surface area contributed by atoms with Crippen LogP contribution in [0.5, 0.6) is 5.75 Å². The van der Waals surface area contributed by atoms with Gasteiger partial charge in [-0.1, -0.05) is 42.5 Å². The largest absolute Gasteiger partial charge is 1.00 e. The monoisotopic (exact) mass is 519 g/mol. The van der Waals surface area contributed by atoms with Crippen molar-refractivity contribution in [2.24, 2.45) is 0 Å². The minimum atomic E-state index is -0.879. The summed E-state index contributed by atoms with van der Waals surface area (Å²) in [5, 5.41) is 12.6. The van der Waals surface area contributed by atoms with Crippen LogP contribution in [0.2, 0.25) is 0 Å². The molecule has 3 N–H and O–H groups in total. The second-order valence-electron chi connectivity index (χ2n) is 8.15. The number of fused-ring (bicyclic) bond motifs is 1. The molecule has 194 valence electrons. The number of ether oxygens (including phenoxy) is 2. The summed E-state index contributed by atoms with van der Waals surface area (Å²) in [5.41, 5.74) is 10.2. The fourth-order valence-corrected chi connectivity index (χ4v) is 3.74. The molecule has 0 radical (unpaired) electrons. The van der Waals surface area contributed by atoms with Crippen LogP contribution in [0.1, 0.15) is 15.9 Å². The fraction of sp³-hybridized carbons (Fsp3) is 0.107. The van der Waals surface area contributed by atoms with Gasteiger partial charge in [-0.15, -0.1) is 0 Å². The van der Waals surface area contributed by atoms with Crippen LogP contribution in [0.25, 0.3) is 22.3 Å². The zero-order valence-electron chi connectivity index (χ0n) is 21.7. The summed E-state index contributed by atoms with van der Waals surface area (Å²) >= 11 is 0. The number of aromatic nitrogens is 4. The van der Waals surface area contributed by atoms with E-state index in [0.717, 1.165) is 26.8 Å². The van der Waals surface area contributed by atoms with E-state index in [0.29, 0.717) is 29.5 Å². The molecule has 0 aliphatic heterocycles. The van der Waals surface area contributed by atoms with Gasteiger partial charge in [0.1, 0.15) is 11.3 Å². The number of nitrogens with zero attached hydrogens (tertiary/aromatic N) is 4. The number of benzene rings is 3. The third-order valence-corrected chi connectivity index (χ3v) is 5.56. The second kappa shape index (κ2) is 13.3. The van der Waals surface area contributed by atoms with Crippen molar-refractivity contribution < 1.29 is 38.2 Å². The van der Waals surface area contributed by atoms with Crippen LogP contribution in [0.15, 0.2) is 89.7 Å². The van der Waals surface area contributed by atoms with Crippen LogP contribution in [-0.4, -0.2) is 44.3 Å². The molecular formula is C28H26LiN5O5. The van der Waals surface area contributed by atoms with Crippen LogP contribution >= 0.6 is 0 Å². The maximum absolute atomic E-state index is 11.7. The van der Waals surface area contributed by atoms with E-state index in [1.165, 1.54) is 6.07 Å². The SMILES string of the molecule is O=C(O)c1ccccc1.[CH2-]n1nc(-c2cc(Cn3c(N)nc4ccccc43)ccc2OCOC)ccc1=O.[Li+]. The molecule has 11 heteroatoms. The molecule has 0 unspecified atom stereocenters. The molecule has 0 saturated carbocycles. The van der Waals surface area contributed by atoms with Gasteiger partial charge in [0.2, 0.25) is 5.95 Å². The molecule has 2 heterocycles. The normalized spacial score (nSPS) is 10.3. The first-order chi connectivity index (χ1) is 18.4. The van der Waals surface area contributed by atoms with Gasteiger partial charge in [-0.2, -0.15) is 7.05 Å². The molecule has 3 aromatic carbocycles. The average molecular weight is 519 g/mol. The number of hydrogen-bond donors (Lipinski definition) is 2. The summed E-state index contributed by atoms with van der Waals surface area (Å²) in [7, 11) is 5.18. The van der Waals surface area contributed by atoms with E-state index >= 15 is 0 Å². The van der Waals surface area contributed by atoms with Crippen molar-refractivity contribution in [1.29, 1.82) is 0 Å². The Kier molecular flexibility index (Phi) is 9.95. The predicted octanol–water partition coefficient (Wildman–Crippen LogP) is 0.902. The van der Waals surface area contributed by atoms with Crippen molar-refractivity contribution in [2.75, 3.05) is 19.6 Å². The van der Waals surface area contributed by atoms with Gasteiger partial charge in [0, 0.05) is 12.7 Å². The first-order valence-corrected chi connectivity index (χ1v) is 11.5. The van der Waals surface area contributed by atoms with Gasteiger partial charge in [-0.25, -0.2) is 14.9 Å². The maximum Gasteiger partial charge on any atom is 1.00 e. The van der Waals surface area contributed by atoms with Crippen molar-refractivity contribution in [3.63, 3.8) is 0 Å². The van der Waals surface area contributed by atoms with Crippen LogP contribution in [0, 0.1) is 7.05 Å². The molecule has 0 saturated heterocycles. The molecule has 0 bridgehead atoms. The number of anilines is 1. The van der Waals surface area contributed by atoms with Gasteiger partial charge < -0.3 is 34.4 Å². The summed E-state index contributed by atoms with van der Waals surface area (Å²) in [4.78, 5) is 26.3. The van der Waals surface area contributed by atoms with Gasteiger partial charge in [0.25, 0.3) is 0 Å². The van der Waals surface area contributed by atoms with Gasteiger partial charge in [-0.05, 0) is 48.0 Å². The van der Waals surface area contributed by atoms with Crippen molar-refractivity contribution in [2.45, 2.75) is 6.54 Å². The summed E-state index contributed by atoms with van der Waals surface area (Å²) in [6.07, 6.45) is 0. The number of imidazole rings is 1. The zero-order valence-corrected chi connectivity index (χ0v) is 21.7. The van der Waals surface area contributed by atoms with Crippen LogP contribution < -0.4 is 34.9 Å². The molecule has 39 heavy (non-hydrogen) atoms. The van der Waals surface area contributed by atoms with Crippen molar-refractivity contribution in [3.8, 4) is 17.0 Å². The zero-order chi connectivity index (χ0) is 27.1. The summed E-state index contributed by atoms with van der Waals surface area (Å²) in [5.74, 6) is 0.151. The molecule has 0 amide bonds. The molecule has 5 rings (SSSR count). The quantitative estimate of drug-likeness (QED) is 0.184. The second-order valence-corrected chi connectivity index (χ2v) is 8.15. The minimum Gasteiger partial charge on any atom is -0.478 e. The fourth-order valence-electron chi connectivity index (χ4n) is 3.74. The number of nitrogens with two attached hydrogens (primary N) is 1. The predicted molar refractivity (Wildman–Crippen MR) is 144 cm³/mol. The first kappa shape index (κ1) is 29.1. The third-order valence-electron chi connectivity index (χ3n) is 5.56. The number of aromatic carboxylic acids is 1. The minimum absolute atomic E-state index is 0. The number of carbonyl (C=O) groups is 1. The topological polar surface area (TPSA) is 134 Å². The van der Waals surface area contributed by atoms with E-state index in [1.54, 1.807) is 43.5 Å². The van der Waals surface area contributed by atoms with Crippen molar-refractivity contribution in [3.05, 3.63) is 113 Å². The number of nitrogen functional groups attached to an aromatic ring is 1. The number of hydrogen-bond acceptors (Lipinski definition) is 7. The van der Waals surface area contributed by atoms with Gasteiger partial charge in [-0.3, -0.25) is 0 Å². The Bertz CT molecular complexity index is 1620. The molecule has 0 atom stereocenters. The first-order valence-electron chi connectivity index (χ1n) is 11.5. The van der Waals surface area contributed by atoms with Gasteiger partial charge in [0.05, 0.1) is 28.8 Å². The average Bonchev–Trinajstić information content (AvgIpc) is 3.25. The van der Waals surface area contributed by atoms with Crippen molar-refractivity contribution in [1.82, 2.24) is 19.3 Å². The molecule has 10 nitrogen and oxygen atoms in total. The summed E-state index contributed by atoms with van der Waals surface area (Å²) < 4.78 is 13.7. The molecule has 0 aliphatic carbocycles. The number of carboxylic acids is 1. The van der Waals surface area contributed by atoms with E-state index in [4.69, 9.17) is 20.3 Å². The Morgan fingerprint density at radius 3 is 2.41 bits per heavy atom. The van der Waals surface area contributed by atoms with E-state index < -0.39 is 5.97 Å².